The van der Waals surface area contributed by atoms with Gasteiger partial charge in [-0.3, -0.25) is 9.59 Å². The Kier molecular flexibility index (Phi) is 5.69. The number of carbonyl (C=O) groups is 2. The fraction of sp³-hybridized carbons (Fsp3) is 0.350. The predicted molar refractivity (Wildman–Crippen MR) is 111 cm³/mol. The van der Waals surface area contributed by atoms with Crippen molar-refractivity contribution < 1.29 is 14.3 Å². The third-order valence-corrected chi connectivity index (χ3v) is 5.40. The number of amides is 2. The van der Waals surface area contributed by atoms with Crippen molar-refractivity contribution in [1.82, 2.24) is 14.9 Å². The Morgan fingerprint density at radius 3 is 2.61 bits per heavy atom. The van der Waals surface area contributed by atoms with Crippen LogP contribution in [0.2, 0.25) is 0 Å². The summed E-state index contributed by atoms with van der Waals surface area (Å²) in [5.74, 6) is 0.0583. The number of nitrogens with one attached hydrogen (secondary N) is 2. The maximum absolute atomic E-state index is 12.9. The van der Waals surface area contributed by atoms with E-state index in [0.29, 0.717) is 10.8 Å². The molecule has 0 saturated heterocycles. The second-order valence-electron chi connectivity index (χ2n) is 6.97. The van der Waals surface area contributed by atoms with Crippen LogP contribution in [0.15, 0.2) is 30.5 Å². The molecule has 148 valence electrons. The molecule has 0 fully saturated rings. The number of methoxy groups -OCH3 is 1. The first-order valence-electron chi connectivity index (χ1n) is 8.97. The van der Waals surface area contributed by atoms with E-state index in [9.17, 15) is 9.59 Å². The minimum atomic E-state index is -0.677. The molecule has 0 saturated carbocycles. The van der Waals surface area contributed by atoms with Crippen LogP contribution in [-0.4, -0.2) is 34.5 Å². The predicted octanol–water partition coefficient (Wildman–Crippen LogP) is 3.34. The number of anilines is 1. The lowest BCUT2D eigenvalue weighted by Crippen LogP contribution is -2.47. The number of hydrogen-bond acceptors (Lipinski definition) is 5. The number of nitrogens with zero attached hydrogens (tertiary/aromatic N) is 2. The molecule has 0 unspecified atom stereocenters. The molecule has 28 heavy (non-hydrogen) atoms. The van der Waals surface area contributed by atoms with E-state index in [-0.39, 0.29) is 17.7 Å². The third kappa shape index (κ3) is 4.01. The van der Waals surface area contributed by atoms with E-state index in [1.54, 1.807) is 19.4 Å². The first kappa shape index (κ1) is 19.9. The number of rotatable bonds is 6. The summed E-state index contributed by atoms with van der Waals surface area (Å²) in [6, 6.07) is 6.76. The number of hydrogen-bond donors (Lipinski definition) is 2. The molecule has 3 rings (SSSR count). The van der Waals surface area contributed by atoms with Crippen molar-refractivity contribution in [2.75, 3.05) is 12.4 Å². The Morgan fingerprint density at radius 2 is 2.00 bits per heavy atom. The molecular weight excluding hydrogens is 376 g/mol. The van der Waals surface area contributed by atoms with E-state index in [4.69, 9.17) is 4.74 Å². The highest BCUT2D eigenvalue weighted by molar-refractivity contribution is 7.15. The molecule has 2 amide bonds. The van der Waals surface area contributed by atoms with Crippen LogP contribution in [0.25, 0.3) is 10.9 Å². The Labute approximate surface area is 167 Å². The van der Waals surface area contributed by atoms with Gasteiger partial charge in [-0.1, -0.05) is 13.8 Å². The van der Waals surface area contributed by atoms with E-state index < -0.39 is 6.04 Å². The van der Waals surface area contributed by atoms with Crippen molar-refractivity contribution in [2.24, 2.45) is 13.0 Å². The van der Waals surface area contributed by atoms with E-state index >= 15 is 0 Å². The number of carbonyl (C=O) groups excluding carboxylic acids is 2. The van der Waals surface area contributed by atoms with Gasteiger partial charge in [-0.05, 0) is 37.1 Å². The summed E-state index contributed by atoms with van der Waals surface area (Å²) in [6.45, 7) is 5.71. The van der Waals surface area contributed by atoms with Gasteiger partial charge in [-0.2, -0.15) is 0 Å². The first-order valence-corrected chi connectivity index (χ1v) is 9.79. The Morgan fingerprint density at radius 1 is 1.25 bits per heavy atom. The van der Waals surface area contributed by atoms with Gasteiger partial charge in [0.1, 0.15) is 17.5 Å². The second kappa shape index (κ2) is 8.02. The normalized spacial score (nSPS) is 12.2. The molecule has 8 heteroatoms. The van der Waals surface area contributed by atoms with Crippen molar-refractivity contribution in [2.45, 2.75) is 26.8 Å². The lowest BCUT2D eigenvalue weighted by molar-refractivity contribution is -0.118. The number of ether oxygens (including phenoxy) is 1. The molecule has 7 nitrogen and oxygen atoms in total. The highest BCUT2D eigenvalue weighted by Crippen LogP contribution is 2.24. The number of aryl methyl sites for hydroxylation is 2. The van der Waals surface area contributed by atoms with Gasteiger partial charge >= 0.3 is 0 Å². The van der Waals surface area contributed by atoms with Crippen molar-refractivity contribution >= 4 is 39.2 Å². The highest BCUT2D eigenvalue weighted by atomic mass is 32.1. The number of benzene rings is 1. The van der Waals surface area contributed by atoms with E-state index in [2.05, 4.69) is 15.6 Å². The molecular formula is C20H24N4O3S. The molecule has 0 aliphatic heterocycles. The second-order valence-corrected chi connectivity index (χ2v) is 8.21. The summed E-state index contributed by atoms with van der Waals surface area (Å²) >= 11 is 1.40. The average molecular weight is 401 g/mol. The lowest BCUT2D eigenvalue weighted by atomic mass is 10.0. The molecule has 0 aliphatic carbocycles. The van der Waals surface area contributed by atoms with E-state index in [1.165, 1.54) is 11.3 Å². The number of fused-ring (bicyclic) bond motifs is 1. The van der Waals surface area contributed by atoms with Gasteiger partial charge in [0.15, 0.2) is 5.13 Å². The maximum Gasteiger partial charge on any atom is 0.268 e. The molecule has 2 N–H and O–H groups in total. The molecule has 2 aromatic heterocycles. The Balaban J connectivity index is 1.81. The summed E-state index contributed by atoms with van der Waals surface area (Å²) in [5.41, 5.74) is 1.39. The Bertz CT molecular complexity index is 1020. The van der Waals surface area contributed by atoms with Crippen LogP contribution in [-0.2, 0) is 11.8 Å². The van der Waals surface area contributed by atoms with Gasteiger partial charge in [0.2, 0.25) is 5.91 Å². The monoisotopic (exact) mass is 400 g/mol. The smallest absolute Gasteiger partial charge is 0.268 e. The highest BCUT2D eigenvalue weighted by Gasteiger charge is 2.26. The van der Waals surface area contributed by atoms with Crippen LogP contribution in [0, 0.1) is 12.8 Å². The van der Waals surface area contributed by atoms with Crippen molar-refractivity contribution in [3.8, 4) is 5.75 Å². The molecule has 1 aromatic carbocycles. The quantitative estimate of drug-likeness (QED) is 0.665. The van der Waals surface area contributed by atoms with Crippen molar-refractivity contribution in [1.29, 1.82) is 0 Å². The SMILES string of the molecule is COc1ccc2c(c1)cc(C(=O)N[C@H](C(=O)Nc1ncc(C)s1)C(C)C)n2C. The van der Waals surface area contributed by atoms with Gasteiger partial charge in [-0.15, -0.1) is 11.3 Å². The van der Waals surface area contributed by atoms with Crippen molar-refractivity contribution in [3.05, 3.63) is 41.0 Å². The fourth-order valence-electron chi connectivity index (χ4n) is 3.02. The summed E-state index contributed by atoms with van der Waals surface area (Å²) in [7, 11) is 3.43. The average Bonchev–Trinajstić information content (AvgIpc) is 3.21. The number of aromatic nitrogens is 2. The summed E-state index contributed by atoms with van der Waals surface area (Å²) in [5, 5.41) is 7.08. The zero-order valence-corrected chi connectivity index (χ0v) is 17.4. The largest absolute Gasteiger partial charge is 0.497 e. The van der Waals surface area contributed by atoms with Crippen LogP contribution >= 0.6 is 11.3 Å². The van der Waals surface area contributed by atoms with Crippen molar-refractivity contribution in [3.63, 3.8) is 0 Å². The molecule has 0 spiro atoms. The number of thiazole rings is 1. The van der Waals surface area contributed by atoms with E-state index in [1.807, 2.05) is 50.6 Å². The van der Waals surface area contributed by atoms with Gasteiger partial charge in [-0.25, -0.2) is 4.98 Å². The fourth-order valence-corrected chi connectivity index (χ4v) is 3.69. The van der Waals surface area contributed by atoms with Crippen LogP contribution in [0.5, 0.6) is 5.75 Å². The van der Waals surface area contributed by atoms with Crippen LogP contribution in [0.1, 0.15) is 29.2 Å². The standard InChI is InChI=1S/C20H24N4O3S/c1-11(2)17(19(26)23-20-21-10-12(3)28-20)22-18(25)16-9-13-8-14(27-5)6-7-15(13)24(16)4/h6-11,17H,1-5H3,(H,22,25)(H,21,23,26)/t17-/m0/s1. The van der Waals surface area contributed by atoms with Gasteiger partial charge < -0.3 is 19.9 Å². The molecule has 0 radical (unpaired) electrons. The summed E-state index contributed by atoms with van der Waals surface area (Å²) in [4.78, 5) is 30.8. The lowest BCUT2D eigenvalue weighted by Gasteiger charge is -2.21. The Hall–Kier alpha value is -2.87. The zero-order chi connectivity index (χ0) is 20.4. The van der Waals surface area contributed by atoms with Crippen LogP contribution in [0.4, 0.5) is 5.13 Å². The van der Waals surface area contributed by atoms with Gasteiger partial charge in [0.25, 0.3) is 5.91 Å². The zero-order valence-electron chi connectivity index (χ0n) is 16.6. The molecule has 0 bridgehead atoms. The minimum absolute atomic E-state index is 0.0835. The van der Waals surface area contributed by atoms with Gasteiger partial charge in [0, 0.05) is 29.0 Å². The van der Waals surface area contributed by atoms with E-state index in [0.717, 1.165) is 21.5 Å². The molecule has 0 aliphatic rings. The third-order valence-electron chi connectivity index (χ3n) is 4.57. The molecule has 2 heterocycles. The van der Waals surface area contributed by atoms with Gasteiger partial charge in [0.05, 0.1) is 7.11 Å². The van der Waals surface area contributed by atoms with Crippen LogP contribution < -0.4 is 15.4 Å². The maximum atomic E-state index is 12.9. The summed E-state index contributed by atoms with van der Waals surface area (Å²) < 4.78 is 7.06. The first-order chi connectivity index (χ1) is 13.3. The molecule has 1 atom stereocenters. The topological polar surface area (TPSA) is 85.2 Å². The minimum Gasteiger partial charge on any atom is -0.497 e. The summed E-state index contributed by atoms with van der Waals surface area (Å²) in [6.07, 6.45) is 1.70. The molecule has 3 aromatic rings. The van der Waals surface area contributed by atoms with Crippen LogP contribution in [0.3, 0.4) is 0 Å².